The lowest BCUT2D eigenvalue weighted by Gasteiger charge is -2.35. The largest absolute Gasteiger partial charge is 0.489 e. The third kappa shape index (κ3) is 5.16. The van der Waals surface area contributed by atoms with Crippen LogP contribution in [0.5, 0.6) is 5.75 Å². The molecule has 35 heavy (non-hydrogen) atoms. The zero-order chi connectivity index (χ0) is 24.2. The first-order valence-corrected chi connectivity index (χ1v) is 12.0. The van der Waals surface area contributed by atoms with Crippen LogP contribution in [0.25, 0.3) is 10.9 Å². The fourth-order valence-corrected chi connectivity index (χ4v) is 4.61. The summed E-state index contributed by atoms with van der Waals surface area (Å²) < 4.78 is 19.5. The topological polar surface area (TPSA) is 61.2 Å². The molecule has 0 spiro atoms. The van der Waals surface area contributed by atoms with Crippen molar-refractivity contribution in [2.45, 2.75) is 25.5 Å². The Balaban J connectivity index is 1.46. The summed E-state index contributed by atoms with van der Waals surface area (Å²) in [4.78, 5) is 6.99. The van der Waals surface area contributed by atoms with Crippen LogP contribution in [0.1, 0.15) is 24.0 Å². The average molecular weight is 487 g/mol. The van der Waals surface area contributed by atoms with Gasteiger partial charge in [-0.15, -0.1) is 0 Å². The number of halogens is 2. The molecule has 0 amide bonds. The zero-order valence-electron chi connectivity index (χ0n) is 19.0. The van der Waals surface area contributed by atoms with E-state index in [1.54, 1.807) is 12.1 Å². The Morgan fingerprint density at radius 3 is 2.63 bits per heavy atom. The van der Waals surface area contributed by atoms with Crippen LogP contribution in [0, 0.1) is 17.1 Å². The van der Waals surface area contributed by atoms with Gasteiger partial charge in [-0.25, -0.2) is 9.37 Å². The van der Waals surface area contributed by atoms with E-state index in [1.165, 1.54) is 12.1 Å². The third-order valence-electron chi connectivity index (χ3n) is 6.16. The highest BCUT2D eigenvalue weighted by molar-refractivity contribution is 6.30. The van der Waals surface area contributed by atoms with Crippen molar-refractivity contribution in [2.75, 3.05) is 23.3 Å². The summed E-state index contributed by atoms with van der Waals surface area (Å²) in [5.74, 6) is 0.907. The van der Waals surface area contributed by atoms with E-state index >= 15 is 0 Å². The van der Waals surface area contributed by atoms with Crippen LogP contribution in [0.3, 0.4) is 0 Å². The Hall–Kier alpha value is -3.82. The number of anilines is 2. The summed E-state index contributed by atoms with van der Waals surface area (Å²) in [6.07, 6.45) is 1.74. The van der Waals surface area contributed by atoms with Gasteiger partial charge in [-0.05, 0) is 60.9 Å². The molecule has 0 radical (unpaired) electrons. The summed E-state index contributed by atoms with van der Waals surface area (Å²) in [6, 6.07) is 24.0. The van der Waals surface area contributed by atoms with Gasteiger partial charge in [0, 0.05) is 23.5 Å². The van der Waals surface area contributed by atoms with Gasteiger partial charge in [0.1, 0.15) is 35.1 Å². The number of pyridine rings is 1. The SMILES string of the molecule is N#Cc1c(NCc2ccc(Cl)cc2)nc2ccccc2c1N1CCCC(Oc2ccc(F)cc2)C1. The lowest BCUT2D eigenvalue weighted by Crippen LogP contribution is -2.41. The summed E-state index contributed by atoms with van der Waals surface area (Å²) >= 11 is 6.01. The van der Waals surface area contributed by atoms with Crippen molar-refractivity contribution in [2.24, 2.45) is 0 Å². The number of piperidine rings is 1. The van der Waals surface area contributed by atoms with Gasteiger partial charge in [0.2, 0.25) is 0 Å². The van der Waals surface area contributed by atoms with E-state index in [0.29, 0.717) is 35.2 Å². The summed E-state index contributed by atoms with van der Waals surface area (Å²) in [6.45, 7) is 1.95. The average Bonchev–Trinajstić information content (AvgIpc) is 2.89. The number of nitriles is 1. The second kappa shape index (κ2) is 10.2. The zero-order valence-corrected chi connectivity index (χ0v) is 19.8. The van der Waals surface area contributed by atoms with Crippen LogP contribution in [0.4, 0.5) is 15.9 Å². The summed E-state index contributed by atoms with van der Waals surface area (Å²) in [5, 5.41) is 15.2. The molecule has 1 fully saturated rings. The highest BCUT2D eigenvalue weighted by Gasteiger charge is 2.27. The van der Waals surface area contributed by atoms with Crippen molar-refractivity contribution in [3.8, 4) is 11.8 Å². The maximum Gasteiger partial charge on any atom is 0.147 e. The monoisotopic (exact) mass is 486 g/mol. The third-order valence-corrected chi connectivity index (χ3v) is 6.41. The number of para-hydroxylation sites is 1. The molecular weight excluding hydrogens is 463 g/mol. The molecule has 1 aliphatic heterocycles. The molecule has 7 heteroatoms. The smallest absolute Gasteiger partial charge is 0.147 e. The number of benzene rings is 3. The predicted octanol–water partition coefficient (Wildman–Crippen LogP) is 6.56. The van der Waals surface area contributed by atoms with Gasteiger partial charge in [0.25, 0.3) is 0 Å². The Morgan fingerprint density at radius 2 is 1.86 bits per heavy atom. The van der Waals surface area contributed by atoms with Crippen molar-refractivity contribution in [1.82, 2.24) is 4.98 Å². The Labute approximate surface area is 208 Å². The van der Waals surface area contributed by atoms with E-state index in [4.69, 9.17) is 21.3 Å². The molecule has 1 aromatic heterocycles. The molecule has 1 unspecified atom stereocenters. The number of nitrogens with one attached hydrogen (secondary N) is 1. The number of aromatic nitrogens is 1. The van der Waals surface area contributed by atoms with Gasteiger partial charge in [-0.1, -0.05) is 41.9 Å². The van der Waals surface area contributed by atoms with Crippen molar-refractivity contribution in [3.63, 3.8) is 0 Å². The van der Waals surface area contributed by atoms with Crippen LogP contribution in [-0.2, 0) is 6.54 Å². The van der Waals surface area contributed by atoms with E-state index in [9.17, 15) is 9.65 Å². The summed E-state index contributed by atoms with van der Waals surface area (Å²) in [7, 11) is 0. The van der Waals surface area contributed by atoms with Crippen molar-refractivity contribution in [1.29, 1.82) is 5.26 Å². The van der Waals surface area contributed by atoms with Gasteiger partial charge in [-0.2, -0.15) is 5.26 Å². The van der Waals surface area contributed by atoms with Crippen molar-refractivity contribution < 1.29 is 9.13 Å². The molecular formula is C28H24ClFN4O. The first-order chi connectivity index (χ1) is 17.1. The molecule has 4 aromatic rings. The minimum absolute atomic E-state index is 0.0711. The first-order valence-electron chi connectivity index (χ1n) is 11.6. The molecule has 5 rings (SSSR count). The molecule has 0 saturated carbocycles. The van der Waals surface area contributed by atoms with Crippen LogP contribution >= 0.6 is 11.6 Å². The fraction of sp³-hybridized carbons (Fsp3) is 0.214. The van der Waals surface area contributed by atoms with Crippen LogP contribution in [0.2, 0.25) is 5.02 Å². The van der Waals surface area contributed by atoms with Gasteiger partial charge >= 0.3 is 0 Å². The van der Waals surface area contributed by atoms with Gasteiger partial charge in [0.15, 0.2) is 0 Å². The maximum atomic E-state index is 13.3. The Kier molecular flexibility index (Phi) is 6.69. The second-order valence-electron chi connectivity index (χ2n) is 8.58. The normalized spacial score (nSPS) is 15.6. The molecule has 1 atom stereocenters. The molecule has 3 aromatic carbocycles. The second-order valence-corrected chi connectivity index (χ2v) is 9.01. The Bertz CT molecular complexity index is 1370. The molecule has 5 nitrogen and oxygen atoms in total. The Morgan fingerprint density at radius 1 is 1.09 bits per heavy atom. The molecule has 0 bridgehead atoms. The van der Waals surface area contributed by atoms with Crippen LogP contribution in [-0.4, -0.2) is 24.2 Å². The van der Waals surface area contributed by atoms with E-state index in [1.807, 2.05) is 48.5 Å². The van der Waals surface area contributed by atoms with Gasteiger partial charge in [0.05, 0.1) is 17.7 Å². The molecule has 1 aliphatic rings. The lowest BCUT2D eigenvalue weighted by molar-refractivity contribution is 0.179. The van der Waals surface area contributed by atoms with E-state index in [2.05, 4.69) is 16.3 Å². The molecule has 176 valence electrons. The van der Waals surface area contributed by atoms with Gasteiger partial charge in [-0.3, -0.25) is 0 Å². The van der Waals surface area contributed by atoms with E-state index in [0.717, 1.165) is 41.5 Å². The number of fused-ring (bicyclic) bond motifs is 1. The molecule has 1 saturated heterocycles. The standard InChI is InChI=1S/C28H24ClFN4O/c29-20-9-7-19(8-10-20)17-32-28-25(16-31)27(24-5-1-2-6-26(24)33-28)34-15-3-4-23(18-34)35-22-13-11-21(30)12-14-22/h1-2,5-14,23H,3-4,15,17-18H2,(H,32,33). The molecule has 1 N–H and O–H groups in total. The lowest BCUT2D eigenvalue weighted by atomic mass is 10.0. The van der Waals surface area contributed by atoms with E-state index < -0.39 is 0 Å². The predicted molar refractivity (Wildman–Crippen MR) is 137 cm³/mol. The number of hydrogen-bond acceptors (Lipinski definition) is 5. The maximum absolute atomic E-state index is 13.3. The first kappa shape index (κ1) is 22.9. The fourth-order valence-electron chi connectivity index (χ4n) is 4.49. The van der Waals surface area contributed by atoms with Crippen molar-refractivity contribution in [3.05, 3.63) is 94.8 Å². The van der Waals surface area contributed by atoms with Crippen LogP contribution < -0.4 is 15.0 Å². The molecule has 2 heterocycles. The highest BCUT2D eigenvalue weighted by Crippen LogP contribution is 2.36. The van der Waals surface area contributed by atoms with Crippen LogP contribution in [0.15, 0.2) is 72.8 Å². The summed E-state index contributed by atoms with van der Waals surface area (Å²) in [5.41, 5.74) is 3.24. The highest BCUT2D eigenvalue weighted by atomic mass is 35.5. The number of nitrogens with zero attached hydrogens (tertiary/aromatic N) is 3. The van der Waals surface area contributed by atoms with Crippen molar-refractivity contribution >= 4 is 34.0 Å². The van der Waals surface area contributed by atoms with E-state index in [-0.39, 0.29) is 11.9 Å². The number of hydrogen-bond donors (Lipinski definition) is 1. The minimum atomic E-state index is -0.289. The minimum Gasteiger partial charge on any atom is -0.489 e. The van der Waals surface area contributed by atoms with Gasteiger partial charge < -0.3 is 15.0 Å². The number of ether oxygens (including phenoxy) is 1. The molecule has 0 aliphatic carbocycles. The number of rotatable bonds is 6. The quantitative estimate of drug-likeness (QED) is 0.334.